The maximum absolute atomic E-state index is 13.5. The number of hydrogen-bond acceptors (Lipinski definition) is 3. The summed E-state index contributed by atoms with van der Waals surface area (Å²) in [6.45, 7) is 0. The number of anilines is 2. The van der Waals surface area contributed by atoms with Gasteiger partial charge in [-0.1, -0.05) is 66.7 Å². The van der Waals surface area contributed by atoms with Gasteiger partial charge < -0.3 is 0 Å². The van der Waals surface area contributed by atoms with Crippen LogP contribution in [0.25, 0.3) is 0 Å². The summed E-state index contributed by atoms with van der Waals surface area (Å²) in [7, 11) is 0. The van der Waals surface area contributed by atoms with Crippen LogP contribution < -0.4 is 10.0 Å². The molecule has 1 saturated heterocycles. The van der Waals surface area contributed by atoms with E-state index in [2.05, 4.69) is 0 Å². The first-order valence-electron chi connectivity index (χ1n) is 9.17. The van der Waals surface area contributed by atoms with E-state index in [1.807, 2.05) is 66.7 Å². The molecular weight excluding hydrogens is 384 g/mol. The highest BCUT2D eigenvalue weighted by Crippen LogP contribution is 2.37. The van der Waals surface area contributed by atoms with Crippen LogP contribution in [-0.4, -0.2) is 21.4 Å². The van der Waals surface area contributed by atoms with E-state index < -0.39 is 11.8 Å². The maximum atomic E-state index is 13.5. The van der Waals surface area contributed by atoms with Crippen LogP contribution in [0.2, 0.25) is 0 Å². The Morgan fingerprint density at radius 1 is 0.690 bits per heavy atom. The molecule has 0 bridgehead atoms. The van der Waals surface area contributed by atoms with Crippen LogP contribution in [0.3, 0.4) is 0 Å². The second kappa shape index (κ2) is 8.24. The number of rotatable bonds is 5. The highest BCUT2D eigenvalue weighted by atomic mass is 32.1. The molecule has 0 aliphatic carbocycles. The van der Waals surface area contributed by atoms with Crippen molar-refractivity contribution >= 4 is 39.8 Å². The molecule has 1 atom stereocenters. The van der Waals surface area contributed by atoms with Gasteiger partial charge >= 0.3 is 0 Å². The molecule has 1 aliphatic rings. The number of carbonyl (C=O) groups excluding carboxylic acids is 2. The smallest absolute Gasteiger partial charge is 0.259 e. The van der Waals surface area contributed by atoms with Gasteiger partial charge in [0, 0.05) is 11.3 Å². The van der Waals surface area contributed by atoms with Crippen LogP contribution in [0.1, 0.15) is 11.5 Å². The second-order valence-corrected chi connectivity index (χ2v) is 7.08. The van der Waals surface area contributed by atoms with Crippen LogP contribution in [0.15, 0.2) is 91.0 Å². The zero-order valence-electron chi connectivity index (χ0n) is 15.4. The number of nitrogens with zero attached hydrogens (tertiary/aromatic N) is 2. The number of benzene rings is 3. The molecule has 2 amide bonds. The Balaban J connectivity index is 1.85. The number of carbonyl (C=O) groups is 2. The SMILES string of the molecule is O=S=CC(c1ccccc1)C1C(=O)N(c2ccccc2)N(c2ccccc2)C1=O. The van der Waals surface area contributed by atoms with Crippen LogP contribution in [0.5, 0.6) is 0 Å². The minimum atomic E-state index is -1.01. The fourth-order valence-corrected chi connectivity index (χ4v) is 4.02. The number of hydrogen-bond donors (Lipinski definition) is 0. The minimum absolute atomic E-state index is 0.273. The third kappa shape index (κ3) is 3.50. The van der Waals surface area contributed by atoms with Crippen molar-refractivity contribution in [1.82, 2.24) is 0 Å². The predicted molar refractivity (Wildman–Crippen MR) is 115 cm³/mol. The molecule has 0 spiro atoms. The van der Waals surface area contributed by atoms with Crippen molar-refractivity contribution in [1.29, 1.82) is 0 Å². The zero-order chi connectivity index (χ0) is 20.2. The van der Waals surface area contributed by atoms with Gasteiger partial charge in [0.25, 0.3) is 11.8 Å². The Morgan fingerprint density at radius 3 is 1.52 bits per heavy atom. The van der Waals surface area contributed by atoms with E-state index in [-0.39, 0.29) is 23.1 Å². The van der Waals surface area contributed by atoms with Crippen molar-refractivity contribution < 1.29 is 13.8 Å². The number of hydrazine groups is 1. The number of amides is 2. The molecule has 3 aromatic carbocycles. The molecule has 1 aliphatic heterocycles. The summed E-state index contributed by atoms with van der Waals surface area (Å²) in [5.41, 5.74) is 1.95. The molecule has 0 saturated carbocycles. The molecule has 0 aromatic heterocycles. The van der Waals surface area contributed by atoms with Gasteiger partial charge in [0.15, 0.2) is 0 Å². The van der Waals surface area contributed by atoms with E-state index in [0.717, 1.165) is 5.56 Å². The van der Waals surface area contributed by atoms with Crippen LogP contribution in [-0.2, 0) is 20.8 Å². The molecule has 5 nitrogen and oxygen atoms in total. The highest BCUT2D eigenvalue weighted by molar-refractivity contribution is 7.64. The largest absolute Gasteiger partial charge is 0.272 e. The lowest BCUT2D eigenvalue weighted by molar-refractivity contribution is -0.127. The summed E-state index contributed by atoms with van der Waals surface area (Å²) < 4.78 is 11.4. The molecule has 1 unspecified atom stereocenters. The molecule has 0 radical (unpaired) electrons. The summed E-state index contributed by atoms with van der Waals surface area (Å²) in [4.78, 5) is 27.0. The van der Waals surface area contributed by atoms with Gasteiger partial charge in [-0.05, 0) is 29.8 Å². The van der Waals surface area contributed by atoms with Crippen LogP contribution in [0.4, 0.5) is 11.4 Å². The van der Waals surface area contributed by atoms with E-state index in [1.54, 1.807) is 24.3 Å². The van der Waals surface area contributed by atoms with E-state index in [1.165, 1.54) is 15.4 Å². The average Bonchev–Trinajstić information content (AvgIpc) is 3.04. The van der Waals surface area contributed by atoms with Crippen molar-refractivity contribution in [2.24, 2.45) is 5.92 Å². The lowest BCUT2D eigenvalue weighted by Gasteiger charge is -2.27. The third-order valence-corrected chi connectivity index (χ3v) is 5.30. The fourth-order valence-electron chi connectivity index (χ4n) is 3.58. The maximum Gasteiger partial charge on any atom is 0.259 e. The first kappa shape index (κ1) is 18.8. The zero-order valence-corrected chi connectivity index (χ0v) is 16.2. The first-order valence-corrected chi connectivity index (χ1v) is 9.97. The molecule has 0 N–H and O–H groups in total. The minimum Gasteiger partial charge on any atom is -0.272 e. The van der Waals surface area contributed by atoms with Crippen molar-refractivity contribution in [3.05, 3.63) is 96.6 Å². The van der Waals surface area contributed by atoms with E-state index in [9.17, 15) is 13.8 Å². The van der Waals surface area contributed by atoms with Gasteiger partial charge in [-0.15, -0.1) is 0 Å². The third-order valence-electron chi connectivity index (χ3n) is 4.90. The Hall–Kier alpha value is -3.51. The Kier molecular flexibility index (Phi) is 5.35. The molecule has 29 heavy (non-hydrogen) atoms. The monoisotopic (exact) mass is 402 g/mol. The van der Waals surface area contributed by atoms with Crippen molar-refractivity contribution in [2.75, 3.05) is 10.0 Å². The average molecular weight is 402 g/mol. The second-order valence-electron chi connectivity index (χ2n) is 6.62. The molecule has 1 fully saturated rings. The topological polar surface area (TPSA) is 57.7 Å². The van der Waals surface area contributed by atoms with E-state index in [0.29, 0.717) is 11.4 Å². The fraction of sp³-hybridized carbons (Fsp3) is 0.0870. The summed E-state index contributed by atoms with van der Waals surface area (Å²) in [5.74, 6) is -2.36. The van der Waals surface area contributed by atoms with Gasteiger partial charge in [0.05, 0.1) is 22.6 Å². The quantitative estimate of drug-likeness (QED) is 0.486. The van der Waals surface area contributed by atoms with Crippen molar-refractivity contribution in [2.45, 2.75) is 5.92 Å². The standard InChI is InChI=1S/C23H18N2O3S/c26-22-21(20(16-29-28)17-10-4-1-5-11-17)23(27)25(19-14-8-3-9-15-19)24(22)18-12-6-2-7-13-18/h1-16,20-21H. The summed E-state index contributed by atoms with van der Waals surface area (Å²) >= 11 is 0.273. The Morgan fingerprint density at radius 2 is 1.10 bits per heavy atom. The normalized spacial score (nSPS) is 15.4. The molecular formula is C23H18N2O3S. The van der Waals surface area contributed by atoms with Crippen molar-refractivity contribution in [3.8, 4) is 0 Å². The highest BCUT2D eigenvalue weighted by Gasteiger charge is 2.50. The van der Waals surface area contributed by atoms with E-state index >= 15 is 0 Å². The lowest BCUT2D eigenvalue weighted by atomic mass is 9.87. The lowest BCUT2D eigenvalue weighted by Crippen LogP contribution is -2.41. The predicted octanol–water partition coefficient (Wildman–Crippen LogP) is 3.40. The summed E-state index contributed by atoms with van der Waals surface area (Å²) in [6.07, 6.45) is 0. The van der Waals surface area contributed by atoms with Gasteiger partial charge in [-0.2, -0.15) is 0 Å². The Labute approximate surface area is 172 Å². The number of para-hydroxylation sites is 2. The van der Waals surface area contributed by atoms with Gasteiger partial charge in [0.1, 0.15) is 5.92 Å². The molecule has 3 aromatic rings. The first-order chi connectivity index (χ1) is 14.2. The summed E-state index contributed by atoms with van der Waals surface area (Å²) in [5, 5.41) is 4.23. The summed E-state index contributed by atoms with van der Waals surface area (Å²) in [6, 6.07) is 27.3. The Bertz CT molecular complexity index is 1010. The van der Waals surface area contributed by atoms with Crippen molar-refractivity contribution in [3.63, 3.8) is 0 Å². The van der Waals surface area contributed by atoms with Gasteiger partial charge in [-0.3, -0.25) is 9.59 Å². The molecule has 6 heteroatoms. The molecule has 1 heterocycles. The van der Waals surface area contributed by atoms with E-state index in [4.69, 9.17) is 0 Å². The van der Waals surface area contributed by atoms with Gasteiger partial charge in [-0.25, -0.2) is 14.2 Å². The van der Waals surface area contributed by atoms with Crippen LogP contribution >= 0.6 is 0 Å². The van der Waals surface area contributed by atoms with Gasteiger partial charge in [0.2, 0.25) is 0 Å². The van der Waals surface area contributed by atoms with Crippen LogP contribution in [0, 0.1) is 5.92 Å². The molecule has 144 valence electrons. The molecule has 4 rings (SSSR count).